The summed E-state index contributed by atoms with van der Waals surface area (Å²) in [6, 6.07) is 8.23. The number of aryl methyl sites for hydroxylation is 2. The minimum absolute atomic E-state index is 0.0219. The van der Waals surface area contributed by atoms with Gasteiger partial charge in [-0.25, -0.2) is 0 Å². The summed E-state index contributed by atoms with van der Waals surface area (Å²) < 4.78 is 1.97. The molecule has 0 aliphatic heterocycles. The molecule has 1 atom stereocenters. The number of nitrogens with one attached hydrogen (secondary N) is 1. The molecule has 0 saturated heterocycles. The summed E-state index contributed by atoms with van der Waals surface area (Å²) in [5, 5.41) is 13.7. The molecule has 1 fully saturated rings. The molecule has 0 bridgehead atoms. The quantitative estimate of drug-likeness (QED) is 0.912. The van der Waals surface area contributed by atoms with E-state index in [1.54, 1.807) is 0 Å². The van der Waals surface area contributed by atoms with E-state index >= 15 is 0 Å². The Morgan fingerprint density at radius 3 is 2.77 bits per heavy atom. The maximum Gasteiger partial charge on any atom is 0.268 e. The van der Waals surface area contributed by atoms with Crippen molar-refractivity contribution < 1.29 is 9.90 Å². The normalized spacial score (nSPS) is 22.4. The fraction of sp³-hybridized carbons (Fsp3) is 0.500. The van der Waals surface area contributed by atoms with Crippen molar-refractivity contribution in [3.05, 3.63) is 35.5 Å². The van der Waals surface area contributed by atoms with Gasteiger partial charge in [0.15, 0.2) is 0 Å². The van der Waals surface area contributed by atoms with Gasteiger partial charge in [-0.2, -0.15) is 0 Å². The molecule has 0 radical (unpaired) electrons. The Balaban J connectivity index is 1.83. The number of fused-ring (bicyclic) bond motifs is 1. The highest BCUT2D eigenvalue weighted by Crippen LogP contribution is 2.31. The van der Waals surface area contributed by atoms with Crippen LogP contribution in [-0.4, -0.2) is 27.7 Å². The fourth-order valence-corrected chi connectivity index (χ4v) is 3.59. The van der Waals surface area contributed by atoms with Crippen molar-refractivity contribution in [3.63, 3.8) is 0 Å². The lowest BCUT2D eigenvalue weighted by Gasteiger charge is -2.37. The summed E-state index contributed by atoms with van der Waals surface area (Å²) in [5.41, 5.74) is 2.98. The van der Waals surface area contributed by atoms with Gasteiger partial charge in [0.05, 0.1) is 11.6 Å². The largest absolute Gasteiger partial charge is 0.393 e. The van der Waals surface area contributed by atoms with Crippen LogP contribution >= 0.6 is 0 Å². The van der Waals surface area contributed by atoms with Crippen molar-refractivity contribution in [2.45, 2.75) is 45.3 Å². The van der Waals surface area contributed by atoms with Crippen LogP contribution in [0.1, 0.15) is 42.2 Å². The Labute approximate surface area is 131 Å². The molecule has 4 heteroatoms. The number of hydrogen-bond acceptors (Lipinski definition) is 2. The molecular formula is C18H24N2O2. The average Bonchev–Trinajstić information content (AvgIpc) is 2.80. The number of nitrogens with zero attached hydrogens (tertiary/aromatic N) is 1. The van der Waals surface area contributed by atoms with Crippen LogP contribution in [-0.2, 0) is 7.05 Å². The van der Waals surface area contributed by atoms with E-state index in [-0.39, 0.29) is 18.1 Å². The Morgan fingerprint density at radius 2 is 2.18 bits per heavy atom. The van der Waals surface area contributed by atoms with Gasteiger partial charge < -0.3 is 15.0 Å². The smallest absolute Gasteiger partial charge is 0.268 e. The Kier molecular flexibility index (Phi) is 3.96. The maximum absolute atomic E-state index is 12.6. The summed E-state index contributed by atoms with van der Waals surface area (Å²) in [5.74, 6) is 0.381. The minimum atomic E-state index is -0.184. The van der Waals surface area contributed by atoms with Gasteiger partial charge in [0, 0.05) is 18.5 Å². The van der Waals surface area contributed by atoms with Gasteiger partial charge in [-0.1, -0.05) is 25.1 Å². The number of hydrogen-bond donors (Lipinski definition) is 2. The van der Waals surface area contributed by atoms with Crippen LogP contribution in [0.15, 0.2) is 24.3 Å². The second kappa shape index (κ2) is 5.76. The molecular weight excluding hydrogens is 276 g/mol. The summed E-state index contributed by atoms with van der Waals surface area (Å²) >= 11 is 0. The molecule has 4 nitrogen and oxygen atoms in total. The van der Waals surface area contributed by atoms with Crippen LogP contribution in [0.5, 0.6) is 0 Å². The first-order chi connectivity index (χ1) is 10.5. The molecule has 3 rings (SSSR count). The number of rotatable bonds is 4. The van der Waals surface area contributed by atoms with Gasteiger partial charge in [-0.05, 0) is 43.7 Å². The predicted molar refractivity (Wildman–Crippen MR) is 87.9 cm³/mol. The molecule has 1 aromatic carbocycles. The first kappa shape index (κ1) is 15.1. The number of carbonyl (C=O) groups excluding carboxylic acids is 1. The molecule has 118 valence electrons. The van der Waals surface area contributed by atoms with E-state index in [0.717, 1.165) is 30.2 Å². The highest BCUT2D eigenvalue weighted by Gasteiger charge is 2.34. The van der Waals surface area contributed by atoms with Crippen molar-refractivity contribution in [2.24, 2.45) is 13.0 Å². The van der Waals surface area contributed by atoms with Crippen molar-refractivity contribution in [3.8, 4) is 0 Å². The third kappa shape index (κ3) is 2.52. The predicted octanol–water partition coefficient (Wildman–Crippen LogP) is 2.77. The van der Waals surface area contributed by atoms with Crippen molar-refractivity contribution in [2.75, 3.05) is 0 Å². The number of amides is 1. The summed E-state index contributed by atoms with van der Waals surface area (Å²) in [6.45, 7) is 4.15. The fourth-order valence-electron chi connectivity index (χ4n) is 3.59. The van der Waals surface area contributed by atoms with E-state index in [1.165, 1.54) is 5.56 Å². The zero-order valence-corrected chi connectivity index (χ0v) is 13.5. The number of aliphatic hydroxyl groups is 1. The van der Waals surface area contributed by atoms with Crippen LogP contribution in [0, 0.1) is 12.8 Å². The van der Waals surface area contributed by atoms with E-state index in [2.05, 4.69) is 25.2 Å². The highest BCUT2D eigenvalue weighted by molar-refractivity contribution is 5.99. The molecule has 1 aliphatic carbocycles. The zero-order chi connectivity index (χ0) is 15.9. The monoisotopic (exact) mass is 300 g/mol. The molecule has 1 unspecified atom stereocenters. The van der Waals surface area contributed by atoms with E-state index < -0.39 is 0 Å². The first-order valence-corrected chi connectivity index (χ1v) is 8.05. The second-order valence-corrected chi connectivity index (χ2v) is 6.47. The van der Waals surface area contributed by atoms with E-state index in [1.807, 2.05) is 29.8 Å². The standard InChI is InChI=1S/C18H24N2O2/c1-4-15(13-8-14(21)9-13)19-18(22)16-10-12-7-5-6-11(2)17(12)20(16)3/h5-7,10,13-15,21H,4,8-9H2,1-3H3,(H,19,22). The van der Waals surface area contributed by atoms with Gasteiger partial charge in [0.25, 0.3) is 5.91 Å². The Hall–Kier alpha value is -1.81. The molecule has 22 heavy (non-hydrogen) atoms. The van der Waals surface area contributed by atoms with E-state index in [4.69, 9.17) is 0 Å². The number of carbonyl (C=O) groups is 1. The van der Waals surface area contributed by atoms with Gasteiger partial charge in [-0.15, -0.1) is 0 Å². The molecule has 2 aromatic rings. The number of para-hydroxylation sites is 1. The third-order valence-corrected chi connectivity index (χ3v) is 4.97. The molecule has 1 amide bonds. The Bertz CT molecular complexity index is 698. The van der Waals surface area contributed by atoms with E-state index in [0.29, 0.717) is 11.6 Å². The van der Waals surface area contributed by atoms with Crippen molar-refractivity contribution in [1.29, 1.82) is 0 Å². The lowest BCUT2D eigenvalue weighted by Crippen LogP contribution is -2.47. The van der Waals surface area contributed by atoms with Crippen molar-refractivity contribution in [1.82, 2.24) is 9.88 Å². The number of aromatic nitrogens is 1. The van der Waals surface area contributed by atoms with Crippen LogP contribution in [0.3, 0.4) is 0 Å². The zero-order valence-electron chi connectivity index (χ0n) is 13.5. The number of aliphatic hydroxyl groups excluding tert-OH is 1. The Morgan fingerprint density at radius 1 is 1.45 bits per heavy atom. The van der Waals surface area contributed by atoms with Crippen LogP contribution in [0.25, 0.3) is 10.9 Å². The lowest BCUT2D eigenvalue weighted by molar-refractivity contribution is 0.0232. The van der Waals surface area contributed by atoms with Crippen molar-refractivity contribution >= 4 is 16.8 Å². The summed E-state index contributed by atoms with van der Waals surface area (Å²) in [6.07, 6.45) is 2.31. The lowest BCUT2D eigenvalue weighted by atomic mass is 9.76. The summed E-state index contributed by atoms with van der Waals surface area (Å²) in [7, 11) is 1.94. The average molecular weight is 300 g/mol. The number of benzene rings is 1. The molecule has 2 N–H and O–H groups in total. The molecule has 1 heterocycles. The van der Waals surface area contributed by atoms with Gasteiger partial charge in [0.2, 0.25) is 0 Å². The minimum Gasteiger partial charge on any atom is -0.393 e. The molecule has 0 spiro atoms. The SMILES string of the molecule is CCC(NC(=O)c1cc2cccc(C)c2n1C)C1CC(O)C1. The molecule has 1 aliphatic rings. The van der Waals surface area contributed by atoms with Gasteiger partial charge in [0.1, 0.15) is 5.69 Å². The molecule has 1 saturated carbocycles. The third-order valence-electron chi connectivity index (χ3n) is 4.97. The van der Waals surface area contributed by atoms with Gasteiger partial charge in [-0.3, -0.25) is 4.79 Å². The second-order valence-electron chi connectivity index (χ2n) is 6.47. The van der Waals surface area contributed by atoms with Crippen LogP contribution in [0.2, 0.25) is 0 Å². The summed E-state index contributed by atoms with van der Waals surface area (Å²) in [4.78, 5) is 12.6. The first-order valence-electron chi connectivity index (χ1n) is 8.05. The van der Waals surface area contributed by atoms with Gasteiger partial charge >= 0.3 is 0 Å². The van der Waals surface area contributed by atoms with Crippen LogP contribution in [0.4, 0.5) is 0 Å². The topological polar surface area (TPSA) is 54.3 Å². The molecule has 1 aromatic heterocycles. The van der Waals surface area contributed by atoms with Crippen LogP contribution < -0.4 is 5.32 Å². The van der Waals surface area contributed by atoms with E-state index in [9.17, 15) is 9.90 Å². The highest BCUT2D eigenvalue weighted by atomic mass is 16.3. The maximum atomic E-state index is 12.6.